The highest BCUT2D eigenvalue weighted by molar-refractivity contribution is 6.21. The second-order valence-electron chi connectivity index (χ2n) is 14.2. The highest BCUT2D eigenvalue weighted by Crippen LogP contribution is 2.63. The third-order valence-electron chi connectivity index (χ3n) is 12.1. The van der Waals surface area contributed by atoms with Crippen LogP contribution in [0.2, 0.25) is 0 Å². The second kappa shape index (κ2) is 9.08. The summed E-state index contributed by atoms with van der Waals surface area (Å²) in [4.78, 5) is 2.72. The van der Waals surface area contributed by atoms with E-state index < -0.39 is 0 Å². The summed E-state index contributed by atoms with van der Waals surface area (Å²) in [6.45, 7) is 2.56. The zero-order valence-electron chi connectivity index (χ0n) is 25.4. The van der Waals surface area contributed by atoms with Crippen molar-refractivity contribution in [2.24, 2.45) is 11.8 Å². The Bertz CT molecular complexity index is 2070. The van der Waals surface area contributed by atoms with Crippen LogP contribution in [0, 0.1) is 11.8 Å². The van der Waals surface area contributed by atoms with Gasteiger partial charge in [-0.1, -0.05) is 91.0 Å². The van der Waals surface area contributed by atoms with Gasteiger partial charge in [0, 0.05) is 22.8 Å². The molecule has 0 bridgehead atoms. The van der Waals surface area contributed by atoms with E-state index in [4.69, 9.17) is 0 Å². The molecule has 0 saturated heterocycles. The Morgan fingerprint density at radius 1 is 0.591 bits per heavy atom. The Labute approximate surface area is 260 Å². The molecule has 0 amide bonds. The molecule has 0 spiro atoms. The Balaban J connectivity index is 1.21. The van der Waals surface area contributed by atoms with Crippen molar-refractivity contribution in [3.05, 3.63) is 132 Å². The van der Waals surface area contributed by atoms with Crippen LogP contribution < -0.4 is 4.90 Å². The molecule has 4 atom stereocenters. The minimum atomic E-state index is 0.118. The molecule has 1 heterocycles. The molecule has 2 saturated carbocycles. The average molecular weight is 568 g/mol. The number of benzene rings is 6. The molecule has 214 valence electrons. The van der Waals surface area contributed by atoms with Gasteiger partial charge >= 0.3 is 0 Å². The van der Waals surface area contributed by atoms with Gasteiger partial charge in [0.15, 0.2) is 0 Å². The topological polar surface area (TPSA) is 3.24 Å². The van der Waals surface area contributed by atoms with Crippen molar-refractivity contribution >= 4 is 32.9 Å². The molecular weight excluding hydrogens is 530 g/mol. The number of hydrogen-bond donors (Lipinski definition) is 0. The molecule has 1 aliphatic heterocycles. The molecule has 1 nitrogen and oxygen atoms in total. The molecule has 10 rings (SSSR count). The number of para-hydroxylation sites is 1. The quantitative estimate of drug-likeness (QED) is 0.192. The van der Waals surface area contributed by atoms with Crippen molar-refractivity contribution in [3.63, 3.8) is 0 Å². The second-order valence-corrected chi connectivity index (χ2v) is 14.2. The first-order chi connectivity index (χ1) is 21.7. The fraction of sp³-hybridized carbons (Fsp3) is 0.256. The smallest absolute Gasteiger partial charge is 0.0495 e. The largest absolute Gasteiger partial charge is 0.335 e. The summed E-state index contributed by atoms with van der Waals surface area (Å²) < 4.78 is 0. The summed E-state index contributed by atoms with van der Waals surface area (Å²) in [5.41, 5.74) is 12.9. The van der Waals surface area contributed by atoms with Gasteiger partial charge in [-0.15, -0.1) is 0 Å². The molecule has 4 aliphatic rings. The molecule has 0 radical (unpaired) electrons. The SMILES string of the molecule is CC12CC3CCC3CC1c1cc(-c3c4ccccc4c(-c4ccc5c(c4)CC5)c4ccccc34)ccc1N2c1ccccc1. The average Bonchev–Trinajstić information content (AvgIpc) is 3.28. The van der Waals surface area contributed by atoms with Gasteiger partial charge in [-0.05, 0) is 142 Å². The maximum absolute atomic E-state index is 2.72. The molecule has 0 aromatic heterocycles. The molecule has 6 aromatic carbocycles. The van der Waals surface area contributed by atoms with E-state index in [1.807, 2.05) is 0 Å². The minimum Gasteiger partial charge on any atom is -0.335 e. The molecule has 3 aliphatic carbocycles. The first-order valence-corrected chi connectivity index (χ1v) is 16.7. The van der Waals surface area contributed by atoms with Crippen LogP contribution in [0.15, 0.2) is 115 Å². The lowest BCUT2D eigenvalue weighted by Crippen LogP contribution is -2.52. The lowest BCUT2D eigenvalue weighted by Gasteiger charge is -2.53. The Hall–Kier alpha value is -4.36. The number of anilines is 2. The Morgan fingerprint density at radius 2 is 1.18 bits per heavy atom. The monoisotopic (exact) mass is 567 g/mol. The van der Waals surface area contributed by atoms with Gasteiger partial charge in [0.2, 0.25) is 0 Å². The van der Waals surface area contributed by atoms with E-state index >= 15 is 0 Å². The normalized spacial score (nSPS) is 24.7. The van der Waals surface area contributed by atoms with E-state index in [9.17, 15) is 0 Å². The standard InChI is InChI=1S/C43H37N/c1-43-26-32-20-18-29(32)25-39(43)38-24-31(21-22-40(38)44(43)33-9-3-2-4-10-33)42-36-13-7-5-11-34(36)41(35-12-6-8-14-37(35)42)30-19-16-27-15-17-28(27)23-30/h2-14,16,19,21-24,29,32,39H,15,17-18,20,25-26H2,1H3. The van der Waals surface area contributed by atoms with Crippen LogP contribution in [0.4, 0.5) is 11.4 Å². The van der Waals surface area contributed by atoms with Gasteiger partial charge in [0.1, 0.15) is 0 Å². The maximum Gasteiger partial charge on any atom is 0.0495 e. The molecule has 1 heteroatoms. The van der Waals surface area contributed by atoms with Gasteiger partial charge in [-0.3, -0.25) is 0 Å². The summed E-state index contributed by atoms with van der Waals surface area (Å²) in [6.07, 6.45) is 7.86. The van der Waals surface area contributed by atoms with Crippen LogP contribution >= 0.6 is 0 Å². The first kappa shape index (κ1) is 25.0. The fourth-order valence-electron chi connectivity index (χ4n) is 9.74. The highest BCUT2D eigenvalue weighted by Gasteiger charge is 2.56. The maximum atomic E-state index is 2.72. The Kier molecular flexibility index (Phi) is 5.16. The molecule has 0 N–H and O–H groups in total. The van der Waals surface area contributed by atoms with E-state index in [0.717, 1.165) is 11.8 Å². The number of fused-ring (bicyclic) bond motifs is 7. The van der Waals surface area contributed by atoms with E-state index in [1.165, 1.54) is 105 Å². The molecule has 44 heavy (non-hydrogen) atoms. The molecule has 4 unspecified atom stereocenters. The summed E-state index contributed by atoms with van der Waals surface area (Å²) >= 11 is 0. The number of nitrogens with zero attached hydrogens (tertiary/aromatic N) is 1. The van der Waals surface area contributed by atoms with Crippen molar-refractivity contribution in [1.82, 2.24) is 0 Å². The van der Waals surface area contributed by atoms with Gasteiger partial charge in [0.25, 0.3) is 0 Å². The van der Waals surface area contributed by atoms with Crippen LogP contribution in [0.5, 0.6) is 0 Å². The van der Waals surface area contributed by atoms with Crippen molar-refractivity contribution < 1.29 is 0 Å². The fourth-order valence-corrected chi connectivity index (χ4v) is 9.74. The van der Waals surface area contributed by atoms with Gasteiger partial charge in [-0.2, -0.15) is 0 Å². The summed E-state index contributed by atoms with van der Waals surface area (Å²) in [7, 11) is 0. The van der Waals surface area contributed by atoms with Crippen LogP contribution in [0.1, 0.15) is 55.2 Å². The minimum absolute atomic E-state index is 0.118. The third kappa shape index (κ3) is 3.36. The summed E-state index contributed by atoms with van der Waals surface area (Å²) in [6, 6.07) is 44.1. The van der Waals surface area contributed by atoms with Crippen molar-refractivity contribution in [2.45, 2.75) is 56.9 Å². The van der Waals surface area contributed by atoms with Crippen LogP contribution in [-0.4, -0.2) is 5.54 Å². The summed E-state index contributed by atoms with van der Waals surface area (Å²) in [5.74, 6) is 2.33. The van der Waals surface area contributed by atoms with E-state index in [2.05, 4.69) is 127 Å². The van der Waals surface area contributed by atoms with E-state index in [0.29, 0.717) is 5.92 Å². The number of aryl methyl sites for hydroxylation is 2. The summed E-state index contributed by atoms with van der Waals surface area (Å²) in [5, 5.41) is 5.41. The Morgan fingerprint density at radius 3 is 1.77 bits per heavy atom. The van der Waals surface area contributed by atoms with Crippen LogP contribution in [-0.2, 0) is 12.8 Å². The molecule has 2 fully saturated rings. The zero-order chi connectivity index (χ0) is 29.0. The first-order valence-electron chi connectivity index (χ1n) is 16.7. The van der Waals surface area contributed by atoms with Crippen molar-refractivity contribution in [1.29, 1.82) is 0 Å². The highest BCUT2D eigenvalue weighted by atomic mass is 15.2. The lowest BCUT2D eigenvalue weighted by atomic mass is 9.56. The lowest BCUT2D eigenvalue weighted by molar-refractivity contribution is 0.0595. The van der Waals surface area contributed by atoms with Crippen molar-refractivity contribution in [3.8, 4) is 22.3 Å². The number of hydrogen-bond acceptors (Lipinski definition) is 1. The van der Waals surface area contributed by atoms with Gasteiger partial charge < -0.3 is 4.90 Å². The molecule has 6 aromatic rings. The van der Waals surface area contributed by atoms with E-state index in [-0.39, 0.29) is 5.54 Å². The number of rotatable bonds is 3. The van der Waals surface area contributed by atoms with Gasteiger partial charge in [0.05, 0.1) is 0 Å². The van der Waals surface area contributed by atoms with Gasteiger partial charge in [-0.25, -0.2) is 0 Å². The zero-order valence-corrected chi connectivity index (χ0v) is 25.4. The van der Waals surface area contributed by atoms with Crippen LogP contribution in [0.25, 0.3) is 43.8 Å². The predicted octanol–water partition coefficient (Wildman–Crippen LogP) is 11.2. The van der Waals surface area contributed by atoms with E-state index in [1.54, 1.807) is 5.56 Å². The van der Waals surface area contributed by atoms with Crippen molar-refractivity contribution in [2.75, 3.05) is 4.90 Å². The predicted molar refractivity (Wildman–Crippen MR) is 185 cm³/mol. The van der Waals surface area contributed by atoms with Crippen LogP contribution in [0.3, 0.4) is 0 Å². The molecular formula is C43H37N. The third-order valence-corrected chi connectivity index (χ3v) is 12.1.